The monoisotopic (exact) mass is 251 g/mol. The second-order valence-corrected chi connectivity index (χ2v) is 4.95. The van der Waals surface area contributed by atoms with Crippen molar-refractivity contribution in [2.75, 3.05) is 33.2 Å². The fourth-order valence-electron chi connectivity index (χ4n) is 2.82. The topological polar surface area (TPSA) is 53.2 Å². The van der Waals surface area contributed by atoms with Crippen LogP contribution in [0.25, 0.3) is 0 Å². The molecule has 3 N–H and O–H groups in total. The quantitative estimate of drug-likeness (QED) is 0.652. The first-order valence-corrected chi connectivity index (χ1v) is 5.56. The highest BCUT2D eigenvalue weighted by Crippen LogP contribution is 2.72. The van der Waals surface area contributed by atoms with Crippen LogP contribution in [0.5, 0.6) is 0 Å². The largest absolute Gasteiger partial charge is 0.396 e. The van der Waals surface area contributed by atoms with Gasteiger partial charge < -0.3 is 16.0 Å². The number of fused-ring (bicyclic) bond motifs is 1. The third-order valence-electron chi connectivity index (χ3n) is 3.92. The molecule has 7 heteroatoms. The van der Waals surface area contributed by atoms with Crippen LogP contribution in [0.1, 0.15) is 6.42 Å². The van der Waals surface area contributed by atoms with Crippen molar-refractivity contribution in [2.24, 2.45) is 10.8 Å². The molecule has 0 bridgehead atoms. The summed E-state index contributed by atoms with van der Waals surface area (Å²) in [4.78, 5) is 11.2. The Hall–Kier alpha value is -0.820. The number of hydrogen-bond donors (Lipinski definition) is 3. The summed E-state index contributed by atoms with van der Waals surface area (Å²) in [6.45, 7) is 0.521. The lowest BCUT2D eigenvalue weighted by Gasteiger charge is -2.20. The molecule has 2 atom stereocenters. The molecule has 1 aliphatic heterocycles. The van der Waals surface area contributed by atoms with Crippen LogP contribution < -0.4 is 16.0 Å². The van der Waals surface area contributed by atoms with E-state index in [4.69, 9.17) is 0 Å². The highest BCUT2D eigenvalue weighted by Gasteiger charge is 2.81. The summed E-state index contributed by atoms with van der Waals surface area (Å²) in [6, 6.07) is 0. The average molecular weight is 251 g/mol. The zero-order chi connectivity index (χ0) is 12.7. The minimum atomic E-state index is -4.19. The van der Waals surface area contributed by atoms with Gasteiger partial charge >= 0.3 is 6.18 Å². The maximum atomic E-state index is 12.9. The van der Waals surface area contributed by atoms with Gasteiger partial charge in [0.05, 0.1) is 12.0 Å². The normalized spacial score (nSPS) is 35.5. The first-order chi connectivity index (χ1) is 7.87. The molecule has 2 rings (SSSR count). The second-order valence-electron chi connectivity index (χ2n) is 4.95. The average Bonchev–Trinajstić information content (AvgIpc) is 2.75. The Morgan fingerprint density at radius 1 is 1.41 bits per heavy atom. The summed E-state index contributed by atoms with van der Waals surface area (Å²) >= 11 is 0. The predicted molar refractivity (Wildman–Crippen MR) is 55.3 cm³/mol. The number of hydrogen-bond acceptors (Lipinski definition) is 3. The first-order valence-electron chi connectivity index (χ1n) is 5.56. The van der Waals surface area contributed by atoms with Gasteiger partial charge in [0, 0.05) is 25.0 Å². The van der Waals surface area contributed by atoms with Crippen molar-refractivity contribution < 1.29 is 18.0 Å². The lowest BCUT2D eigenvalue weighted by molar-refractivity contribution is -0.190. The van der Waals surface area contributed by atoms with Crippen molar-refractivity contribution in [3.8, 4) is 0 Å². The lowest BCUT2D eigenvalue weighted by atomic mass is 9.95. The van der Waals surface area contributed by atoms with E-state index >= 15 is 0 Å². The molecule has 0 aromatic carbocycles. The van der Waals surface area contributed by atoms with E-state index in [0.29, 0.717) is 6.54 Å². The van der Waals surface area contributed by atoms with Gasteiger partial charge in [-0.25, -0.2) is 0 Å². The van der Waals surface area contributed by atoms with Crippen LogP contribution in [0.4, 0.5) is 13.2 Å². The van der Waals surface area contributed by atoms with Gasteiger partial charge in [-0.15, -0.1) is 0 Å². The van der Waals surface area contributed by atoms with Gasteiger partial charge in [-0.2, -0.15) is 13.2 Å². The molecule has 2 fully saturated rings. The van der Waals surface area contributed by atoms with Gasteiger partial charge in [0.2, 0.25) is 5.91 Å². The summed E-state index contributed by atoms with van der Waals surface area (Å²) in [7, 11) is 1.62. The number of likely N-dealkylation sites (N-methyl/N-ethyl adjacent to an activating group) is 1. The molecule has 0 unspecified atom stereocenters. The Morgan fingerprint density at radius 2 is 2.12 bits per heavy atom. The first kappa shape index (κ1) is 12.6. The van der Waals surface area contributed by atoms with Gasteiger partial charge in [0.25, 0.3) is 0 Å². The van der Waals surface area contributed by atoms with Crippen LogP contribution in [0.15, 0.2) is 0 Å². The van der Waals surface area contributed by atoms with Crippen molar-refractivity contribution >= 4 is 5.91 Å². The fourth-order valence-corrected chi connectivity index (χ4v) is 2.82. The van der Waals surface area contributed by atoms with E-state index in [9.17, 15) is 18.0 Å². The van der Waals surface area contributed by atoms with Crippen LogP contribution in [0.2, 0.25) is 0 Å². The maximum absolute atomic E-state index is 12.9. The highest BCUT2D eigenvalue weighted by molar-refractivity contribution is 5.78. The van der Waals surface area contributed by atoms with E-state index in [1.807, 2.05) is 0 Å². The molecular formula is C10H16F3N3O. The summed E-state index contributed by atoms with van der Waals surface area (Å²) in [5, 5.41) is 8.00. The number of alkyl halides is 3. The van der Waals surface area contributed by atoms with E-state index < -0.39 is 17.0 Å². The maximum Gasteiger partial charge on any atom is 0.396 e. The SMILES string of the molecule is CNCC(=O)NC[C@@]12CNC[C@]1(C(F)(F)F)C2. The molecule has 0 spiro atoms. The molecule has 1 saturated carbocycles. The van der Waals surface area contributed by atoms with Crippen molar-refractivity contribution in [3.05, 3.63) is 0 Å². The third-order valence-corrected chi connectivity index (χ3v) is 3.92. The van der Waals surface area contributed by atoms with Crippen molar-refractivity contribution in [1.29, 1.82) is 0 Å². The minimum absolute atomic E-state index is 0.0294. The smallest absolute Gasteiger partial charge is 0.354 e. The van der Waals surface area contributed by atoms with E-state index in [-0.39, 0.29) is 32.0 Å². The Kier molecular flexibility index (Phi) is 2.86. The number of nitrogens with one attached hydrogen (secondary N) is 3. The Labute approximate surface area is 97.3 Å². The summed E-state index contributed by atoms with van der Waals surface area (Å²) < 4.78 is 38.8. The van der Waals surface area contributed by atoms with Gasteiger partial charge in [0.15, 0.2) is 0 Å². The zero-order valence-corrected chi connectivity index (χ0v) is 9.58. The third kappa shape index (κ3) is 1.81. The Balaban J connectivity index is 1.96. The van der Waals surface area contributed by atoms with Crippen LogP contribution in [0.3, 0.4) is 0 Å². The van der Waals surface area contributed by atoms with Crippen LogP contribution >= 0.6 is 0 Å². The number of carbonyl (C=O) groups is 1. The Bertz CT molecular complexity index is 333. The molecule has 0 aromatic rings. The van der Waals surface area contributed by atoms with Crippen molar-refractivity contribution in [2.45, 2.75) is 12.6 Å². The summed E-state index contributed by atoms with van der Waals surface area (Å²) in [5.41, 5.74) is -2.44. The van der Waals surface area contributed by atoms with Crippen LogP contribution in [-0.2, 0) is 4.79 Å². The molecule has 0 radical (unpaired) electrons. The molecular weight excluding hydrogens is 235 g/mol. The van der Waals surface area contributed by atoms with Gasteiger partial charge in [-0.3, -0.25) is 4.79 Å². The molecule has 1 heterocycles. The molecule has 1 amide bonds. The van der Waals surface area contributed by atoms with Gasteiger partial charge in [0.1, 0.15) is 0 Å². The zero-order valence-electron chi connectivity index (χ0n) is 9.58. The molecule has 4 nitrogen and oxygen atoms in total. The van der Waals surface area contributed by atoms with E-state index in [1.54, 1.807) is 7.05 Å². The van der Waals surface area contributed by atoms with E-state index in [0.717, 1.165) is 0 Å². The number of amides is 1. The molecule has 1 saturated heterocycles. The summed E-state index contributed by atoms with van der Waals surface area (Å²) in [6.07, 6.45) is -4.07. The highest BCUT2D eigenvalue weighted by atomic mass is 19.4. The van der Waals surface area contributed by atoms with Gasteiger partial charge in [-0.05, 0) is 13.5 Å². The predicted octanol–water partition coefficient (Wildman–Crippen LogP) is -0.136. The molecule has 2 aliphatic rings. The summed E-state index contributed by atoms with van der Waals surface area (Å²) in [5.74, 6) is -0.267. The molecule has 0 aromatic heterocycles. The standard InChI is InChI=1S/C10H16F3N3O/c1-14-2-7(17)16-5-8-3-9(8,6-15-4-8)10(11,12)13/h14-15H,2-6H2,1H3,(H,16,17)/t8-,9-/m1/s1. The number of carbonyl (C=O) groups excluding carboxylic acids is 1. The fraction of sp³-hybridized carbons (Fsp3) is 0.900. The van der Waals surface area contributed by atoms with E-state index in [2.05, 4.69) is 16.0 Å². The molecule has 98 valence electrons. The Morgan fingerprint density at radius 3 is 2.65 bits per heavy atom. The van der Waals surface area contributed by atoms with Crippen LogP contribution in [0, 0.1) is 10.8 Å². The minimum Gasteiger partial charge on any atom is -0.354 e. The van der Waals surface area contributed by atoms with Crippen molar-refractivity contribution in [3.63, 3.8) is 0 Å². The van der Waals surface area contributed by atoms with E-state index in [1.165, 1.54) is 0 Å². The molecule has 1 aliphatic carbocycles. The molecule has 17 heavy (non-hydrogen) atoms. The number of rotatable bonds is 4. The van der Waals surface area contributed by atoms with Gasteiger partial charge in [-0.1, -0.05) is 0 Å². The second kappa shape index (κ2) is 3.84. The number of piperidine rings is 1. The number of halogens is 3. The lowest BCUT2D eigenvalue weighted by Crippen LogP contribution is -2.40. The van der Waals surface area contributed by atoms with Crippen molar-refractivity contribution in [1.82, 2.24) is 16.0 Å². The van der Waals surface area contributed by atoms with Crippen LogP contribution in [-0.4, -0.2) is 45.3 Å².